The molecule has 1 radical (unpaired) electrons. The number of carbonyl (C=O) groups excluding carboxylic acids is 2. The van der Waals surface area contributed by atoms with Crippen molar-refractivity contribution >= 4 is 18.1 Å². The van der Waals surface area contributed by atoms with Crippen molar-refractivity contribution in [3.05, 3.63) is 30.3 Å². The van der Waals surface area contributed by atoms with Crippen molar-refractivity contribution in [1.82, 2.24) is 0 Å². The molecule has 0 aliphatic carbocycles. The minimum Gasteiger partial charge on any atom is -0.465 e. The summed E-state index contributed by atoms with van der Waals surface area (Å²) in [4.78, 5) is 23.0. The fourth-order valence-electron chi connectivity index (χ4n) is 1.12. The van der Waals surface area contributed by atoms with Crippen LogP contribution in [-0.4, -0.2) is 25.5 Å². The minimum atomic E-state index is -0.440. The third-order valence-corrected chi connectivity index (χ3v) is 1.77. The van der Waals surface area contributed by atoms with E-state index in [2.05, 4.69) is 0 Å². The van der Waals surface area contributed by atoms with Crippen molar-refractivity contribution < 1.29 is 14.3 Å². The normalized spacial score (nSPS) is 9.40. The first kappa shape index (κ1) is 11.2. The van der Waals surface area contributed by atoms with Crippen LogP contribution < -0.4 is 4.90 Å². The molecule has 1 amide bonds. The molecule has 0 heterocycles. The zero-order valence-electron chi connectivity index (χ0n) is 8.47. The molecule has 4 nitrogen and oxygen atoms in total. The second kappa shape index (κ2) is 5.80. The van der Waals surface area contributed by atoms with Gasteiger partial charge < -0.3 is 4.74 Å². The van der Waals surface area contributed by atoms with Gasteiger partial charge in [-0.3, -0.25) is 14.5 Å². The van der Waals surface area contributed by atoms with E-state index >= 15 is 0 Å². The second-order valence-corrected chi connectivity index (χ2v) is 2.82. The molecule has 0 N–H and O–H groups in total. The molecule has 79 valence electrons. The van der Waals surface area contributed by atoms with Crippen LogP contribution in [0.25, 0.3) is 0 Å². The van der Waals surface area contributed by atoms with Gasteiger partial charge in [0, 0.05) is 5.69 Å². The van der Waals surface area contributed by atoms with E-state index in [0.29, 0.717) is 12.3 Å². The summed E-state index contributed by atoms with van der Waals surface area (Å²) < 4.78 is 4.74. The summed E-state index contributed by atoms with van der Waals surface area (Å²) in [6.45, 7) is 1.91. The lowest BCUT2D eigenvalue weighted by Crippen LogP contribution is -2.29. The Hall–Kier alpha value is -1.84. The zero-order chi connectivity index (χ0) is 11.1. The molecule has 0 aliphatic rings. The van der Waals surface area contributed by atoms with E-state index in [9.17, 15) is 9.59 Å². The third-order valence-electron chi connectivity index (χ3n) is 1.77. The van der Waals surface area contributed by atoms with Crippen molar-refractivity contribution in [2.24, 2.45) is 0 Å². The molecule has 0 saturated carbocycles. The molecule has 1 rings (SSSR count). The number of anilines is 1. The van der Waals surface area contributed by atoms with Crippen molar-refractivity contribution in [3.8, 4) is 0 Å². The Kier molecular flexibility index (Phi) is 4.34. The van der Waals surface area contributed by atoms with Gasteiger partial charge in [0.1, 0.15) is 6.54 Å². The predicted molar refractivity (Wildman–Crippen MR) is 56.1 cm³/mol. The number of esters is 1. The second-order valence-electron chi connectivity index (χ2n) is 2.82. The smallest absolute Gasteiger partial charge is 0.326 e. The fourth-order valence-corrected chi connectivity index (χ4v) is 1.12. The van der Waals surface area contributed by atoms with Gasteiger partial charge in [-0.1, -0.05) is 18.2 Å². The highest BCUT2D eigenvalue weighted by Crippen LogP contribution is 2.10. The molecule has 0 fully saturated rings. The Morgan fingerprint density at radius 3 is 2.60 bits per heavy atom. The molecule has 0 bridgehead atoms. The molecule has 1 aromatic rings. The number of para-hydroxylation sites is 1. The molecule has 0 aromatic heterocycles. The molecular weight excluding hydrogens is 194 g/mol. The molecule has 0 spiro atoms. The maximum absolute atomic E-state index is 11.1. The van der Waals surface area contributed by atoms with E-state index in [0.717, 1.165) is 0 Å². The molecule has 0 atom stereocenters. The summed E-state index contributed by atoms with van der Waals surface area (Å²) in [5.41, 5.74) is 0.626. The van der Waals surface area contributed by atoms with Crippen molar-refractivity contribution in [2.45, 2.75) is 6.92 Å². The van der Waals surface area contributed by atoms with Crippen LogP contribution in [0.3, 0.4) is 0 Å². The Morgan fingerprint density at radius 1 is 1.40 bits per heavy atom. The van der Waals surface area contributed by atoms with Gasteiger partial charge in [-0.2, -0.15) is 0 Å². The summed E-state index contributed by atoms with van der Waals surface area (Å²) >= 11 is 0. The quantitative estimate of drug-likeness (QED) is 0.535. The predicted octanol–water partition coefficient (Wildman–Crippen LogP) is 1.12. The molecule has 0 aliphatic heterocycles. The van der Waals surface area contributed by atoms with Crippen LogP contribution in [0.4, 0.5) is 5.69 Å². The Labute approximate surface area is 88.5 Å². The van der Waals surface area contributed by atoms with Crippen molar-refractivity contribution in [3.63, 3.8) is 0 Å². The van der Waals surface area contributed by atoms with Gasteiger partial charge in [0.25, 0.3) is 0 Å². The van der Waals surface area contributed by atoms with Crippen molar-refractivity contribution in [1.29, 1.82) is 0 Å². The lowest BCUT2D eigenvalue weighted by Gasteiger charge is -2.14. The van der Waals surface area contributed by atoms with E-state index in [4.69, 9.17) is 4.74 Å². The van der Waals surface area contributed by atoms with Crippen LogP contribution in [-0.2, 0) is 14.3 Å². The van der Waals surface area contributed by atoms with E-state index < -0.39 is 5.97 Å². The van der Waals surface area contributed by atoms with E-state index in [1.54, 1.807) is 37.6 Å². The maximum atomic E-state index is 11.1. The van der Waals surface area contributed by atoms with Crippen LogP contribution in [0.5, 0.6) is 0 Å². The van der Waals surface area contributed by atoms with E-state index in [-0.39, 0.29) is 6.54 Å². The molecule has 0 saturated heterocycles. The zero-order valence-corrected chi connectivity index (χ0v) is 8.47. The largest absolute Gasteiger partial charge is 0.465 e. The summed E-state index contributed by atoms with van der Waals surface area (Å²) in [7, 11) is 0. The monoisotopic (exact) mass is 206 g/mol. The van der Waals surface area contributed by atoms with Crippen LogP contribution in [0.1, 0.15) is 6.92 Å². The summed E-state index contributed by atoms with van der Waals surface area (Å²) in [5, 5.41) is 0. The maximum Gasteiger partial charge on any atom is 0.326 e. The van der Waals surface area contributed by atoms with Crippen molar-refractivity contribution in [2.75, 3.05) is 18.1 Å². The Balaban J connectivity index is 2.65. The number of benzene rings is 1. The van der Waals surface area contributed by atoms with Crippen LogP contribution in [0.2, 0.25) is 0 Å². The van der Waals surface area contributed by atoms with E-state index in [1.165, 1.54) is 4.90 Å². The third kappa shape index (κ3) is 3.42. The number of nitrogens with zero attached hydrogens (tertiary/aromatic N) is 1. The number of ether oxygens (including phenoxy) is 1. The van der Waals surface area contributed by atoms with Crippen LogP contribution >= 0.6 is 0 Å². The van der Waals surface area contributed by atoms with Gasteiger partial charge in [-0.05, 0) is 19.1 Å². The molecule has 4 heteroatoms. The first-order valence-corrected chi connectivity index (χ1v) is 4.64. The average molecular weight is 206 g/mol. The molecular formula is C11H12NO3. The van der Waals surface area contributed by atoms with Crippen LogP contribution in [0, 0.1) is 0 Å². The Bertz CT molecular complexity index is 324. The first-order valence-electron chi connectivity index (χ1n) is 4.64. The average Bonchev–Trinajstić information content (AvgIpc) is 2.27. The van der Waals surface area contributed by atoms with Gasteiger partial charge >= 0.3 is 12.4 Å². The lowest BCUT2D eigenvalue weighted by molar-refractivity contribution is -0.141. The highest BCUT2D eigenvalue weighted by atomic mass is 16.5. The highest BCUT2D eigenvalue weighted by Gasteiger charge is 2.11. The number of amides is 1. The first-order chi connectivity index (χ1) is 7.27. The van der Waals surface area contributed by atoms with Gasteiger partial charge in [0.15, 0.2) is 0 Å². The summed E-state index contributed by atoms with van der Waals surface area (Å²) in [5.74, 6) is -0.440. The summed E-state index contributed by atoms with van der Waals surface area (Å²) in [6.07, 6.45) is 1.69. The number of hydrogen-bond donors (Lipinski definition) is 0. The lowest BCUT2D eigenvalue weighted by atomic mass is 10.3. The van der Waals surface area contributed by atoms with Gasteiger partial charge in [-0.15, -0.1) is 0 Å². The fraction of sp³-hybridized carbons (Fsp3) is 0.273. The molecule has 1 aromatic carbocycles. The number of rotatable bonds is 5. The summed E-state index contributed by atoms with van der Waals surface area (Å²) in [6, 6.07) is 8.85. The molecule has 0 unspecified atom stereocenters. The van der Waals surface area contributed by atoms with Gasteiger partial charge in [0.2, 0.25) is 0 Å². The highest BCUT2D eigenvalue weighted by molar-refractivity contribution is 5.85. The van der Waals surface area contributed by atoms with Gasteiger partial charge in [-0.25, -0.2) is 0 Å². The standard InChI is InChI=1S/C11H12NO3/c1-2-15-11(14)8-12(9-13)10-6-4-3-5-7-10/h3-7H,2,8H2,1H3. The SMILES string of the molecule is CCOC(=O)CN([C]=O)c1ccccc1. The number of hydrogen-bond acceptors (Lipinski definition) is 3. The van der Waals surface area contributed by atoms with Gasteiger partial charge in [0.05, 0.1) is 6.61 Å². The Morgan fingerprint density at radius 2 is 2.07 bits per heavy atom. The minimum absolute atomic E-state index is 0.110. The topological polar surface area (TPSA) is 46.6 Å². The number of carbonyl (C=O) groups is 1. The van der Waals surface area contributed by atoms with E-state index in [1.807, 2.05) is 6.07 Å². The van der Waals surface area contributed by atoms with Crippen LogP contribution in [0.15, 0.2) is 30.3 Å². The molecule has 15 heavy (non-hydrogen) atoms.